The van der Waals surface area contributed by atoms with Crippen molar-refractivity contribution in [3.63, 3.8) is 0 Å². The number of pyridine rings is 1. The fraction of sp³-hybridized carbons (Fsp3) is 0.143. The molecule has 1 N–H and O–H groups in total. The number of fused-ring (bicyclic) bond motifs is 1. The second kappa shape index (κ2) is 5.42. The molecular formula is C14H11NO4S. The number of carboxylic acid groups (broad SMARTS) is 1. The lowest BCUT2D eigenvalue weighted by Crippen LogP contribution is -2.15. The van der Waals surface area contributed by atoms with Crippen molar-refractivity contribution in [1.82, 2.24) is 4.98 Å². The van der Waals surface area contributed by atoms with E-state index in [2.05, 4.69) is 4.98 Å². The van der Waals surface area contributed by atoms with Crippen LogP contribution in [0.4, 0.5) is 0 Å². The number of aromatic carboxylic acids is 1. The van der Waals surface area contributed by atoms with Crippen LogP contribution in [-0.4, -0.2) is 29.3 Å². The first-order valence-corrected chi connectivity index (χ1v) is 6.81. The van der Waals surface area contributed by atoms with E-state index >= 15 is 0 Å². The molecule has 0 unspecified atom stereocenters. The molecule has 0 bridgehead atoms. The third kappa shape index (κ3) is 2.70. The van der Waals surface area contributed by atoms with Gasteiger partial charge in [-0.2, -0.15) is 0 Å². The zero-order valence-corrected chi connectivity index (χ0v) is 11.2. The average molecular weight is 289 g/mol. The lowest BCUT2D eigenvalue weighted by atomic mass is 10.3. The molecule has 3 rings (SSSR count). The fourth-order valence-electron chi connectivity index (χ4n) is 1.79. The molecule has 0 spiro atoms. The summed E-state index contributed by atoms with van der Waals surface area (Å²) in [7, 11) is 0. The zero-order chi connectivity index (χ0) is 13.9. The van der Waals surface area contributed by atoms with Crippen LogP contribution < -0.4 is 9.47 Å². The summed E-state index contributed by atoms with van der Waals surface area (Å²) in [6, 6.07) is 8.93. The van der Waals surface area contributed by atoms with Crippen molar-refractivity contribution in [2.75, 3.05) is 13.2 Å². The molecule has 0 fully saturated rings. The molecule has 2 heterocycles. The topological polar surface area (TPSA) is 68.7 Å². The third-order valence-electron chi connectivity index (χ3n) is 2.70. The van der Waals surface area contributed by atoms with E-state index in [0.29, 0.717) is 13.2 Å². The molecule has 20 heavy (non-hydrogen) atoms. The normalized spacial score (nSPS) is 13.0. The SMILES string of the molecule is O=C(O)c1ccc(Sc2ccc3c(c2)OCCO3)cn1. The van der Waals surface area contributed by atoms with Crippen molar-refractivity contribution in [1.29, 1.82) is 0 Å². The van der Waals surface area contributed by atoms with Gasteiger partial charge in [-0.25, -0.2) is 9.78 Å². The average Bonchev–Trinajstić information content (AvgIpc) is 2.48. The Morgan fingerprint density at radius 2 is 1.85 bits per heavy atom. The number of hydrogen-bond acceptors (Lipinski definition) is 5. The van der Waals surface area contributed by atoms with Crippen LogP contribution in [0.1, 0.15) is 10.5 Å². The molecule has 0 amide bonds. The Bertz CT molecular complexity index is 642. The number of rotatable bonds is 3. The summed E-state index contributed by atoms with van der Waals surface area (Å²) in [6.45, 7) is 1.12. The summed E-state index contributed by atoms with van der Waals surface area (Å²) < 4.78 is 11.0. The van der Waals surface area contributed by atoms with E-state index in [1.807, 2.05) is 18.2 Å². The van der Waals surface area contributed by atoms with Gasteiger partial charge in [0.15, 0.2) is 11.5 Å². The van der Waals surface area contributed by atoms with Gasteiger partial charge in [-0.1, -0.05) is 11.8 Å². The Morgan fingerprint density at radius 3 is 2.55 bits per heavy atom. The quantitative estimate of drug-likeness (QED) is 0.937. The molecule has 5 nitrogen and oxygen atoms in total. The Balaban J connectivity index is 1.78. The van der Waals surface area contributed by atoms with Gasteiger partial charge in [-0.15, -0.1) is 0 Å². The Kier molecular flexibility index (Phi) is 3.47. The lowest BCUT2D eigenvalue weighted by Gasteiger charge is -2.18. The maximum absolute atomic E-state index is 10.7. The predicted octanol–water partition coefficient (Wildman–Crippen LogP) is 2.70. The van der Waals surface area contributed by atoms with Crippen molar-refractivity contribution < 1.29 is 19.4 Å². The van der Waals surface area contributed by atoms with Gasteiger partial charge in [0.05, 0.1) is 0 Å². The van der Waals surface area contributed by atoms with Crippen LogP contribution in [0.2, 0.25) is 0 Å². The van der Waals surface area contributed by atoms with Crippen molar-refractivity contribution in [2.45, 2.75) is 9.79 Å². The highest BCUT2D eigenvalue weighted by molar-refractivity contribution is 7.99. The maximum atomic E-state index is 10.7. The monoisotopic (exact) mass is 289 g/mol. The first-order chi connectivity index (χ1) is 9.72. The van der Waals surface area contributed by atoms with Crippen molar-refractivity contribution in [2.24, 2.45) is 0 Å². The molecule has 1 aromatic heterocycles. The van der Waals surface area contributed by atoms with Gasteiger partial charge in [0.2, 0.25) is 0 Å². The molecule has 102 valence electrons. The van der Waals surface area contributed by atoms with Gasteiger partial charge in [0, 0.05) is 16.0 Å². The predicted molar refractivity (Wildman–Crippen MR) is 72.8 cm³/mol. The van der Waals surface area contributed by atoms with Gasteiger partial charge in [-0.3, -0.25) is 0 Å². The number of hydrogen-bond donors (Lipinski definition) is 1. The van der Waals surface area contributed by atoms with Gasteiger partial charge >= 0.3 is 5.97 Å². The highest BCUT2D eigenvalue weighted by Crippen LogP contribution is 2.36. The number of benzene rings is 1. The number of nitrogens with zero attached hydrogens (tertiary/aromatic N) is 1. The van der Waals surface area contributed by atoms with E-state index in [4.69, 9.17) is 14.6 Å². The van der Waals surface area contributed by atoms with Crippen LogP contribution in [0.5, 0.6) is 11.5 Å². The molecule has 6 heteroatoms. The Hall–Kier alpha value is -2.21. The Labute approximate surface area is 119 Å². The molecule has 0 saturated carbocycles. The number of ether oxygens (including phenoxy) is 2. The summed E-state index contributed by atoms with van der Waals surface area (Å²) in [5, 5.41) is 8.80. The van der Waals surface area contributed by atoms with Gasteiger partial charge < -0.3 is 14.6 Å². The molecule has 0 atom stereocenters. The van der Waals surface area contributed by atoms with E-state index < -0.39 is 5.97 Å². The van der Waals surface area contributed by atoms with E-state index in [9.17, 15) is 4.79 Å². The van der Waals surface area contributed by atoms with Gasteiger partial charge in [0.1, 0.15) is 18.9 Å². The number of carboxylic acids is 1. The summed E-state index contributed by atoms with van der Waals surface area (Å²) in [5.74, 6) is 0.456. The molecule has 1 aromatic carbocycles. The highest BCUT2D eigenvalue weighted by atomic mass is 32.2. The van der Waals surface area contributed by atoms with Crippen LogP contribution in [0.25, 0.3) is 0 Å². The minimum absolute atomic E-state index is 0.0384. The van der Waals surface area contributed by atoms with Crippen LogP contribution in [0.15, 0.2) is 46.3 Å². The fourth-order valence-corrected chi connectivity index (χ4v) is 2.61. The Morgan fingerprint density at radius 1 is 1.10 bits per heavy atom. The smallest absolute Gasteiger partial charge is 0.354 e. The van der Waals surface area contributed by atoms with E-state index in [1.165, 1.54) is 17.8 Å². The maximum Gasteiger partial charge on any atom is 0.354 e. The van der Waals surface area contributed by atoms with E-state index in [-0.39, 0.29) is 5.69 Å². The molecule has 0 radical (unpaired) electrons. The standard InChI is InChI=1S/C14H11NO4S/c16-14(17)11-3-1-10(8-15-11)20-9-2-4-12-13(7-9)19-6-5-18-12/h1-4,7-8H,5-6H2,(H,16,17). The zero-order valence-electron chi connectivity index (χ0n) is 10.4. The van der Waals surface area contributed by atoms with Crippen LogP contribution in [-0.2, 0) is 0 Å². The second-order valence-corrected chi connectivity index (χ2v) is 5.24. The third-order valence-corrected chi connectivity index (χ3v) is 3.67. The molecule has 2 aromatic rings. The molecule has 0 aliphatic carbocycles. The first-order valence-electron chi connectivity index (χ1n) is 5.99. The van der Waals surface area contributed by atoms with Crippen LogP contribution in [0, 0.1) is 0 Å². The summed E-state index contributed by atoms with van der Waals surface area (Å²) in [5.41, 5.74) is 0.0384. The number of aromatic nitrogens is 1. The summed E-state index contributed by atoms with van der Waals surface area (Å²) in [4.78, 5) is 16.5. The highest BCUT2D eigenvalue weighted by Gasteiger charge is 2.12. The largest absolute Gasteiger partial charge is 0.486 e. The molecule has 0 saturated heterocycles. The van der Waals surface area contributed by atoms with Gasteiger partial charge in [-0.05, 0) is 30.3 Å². The molecular weight excluding hydrogens is 278 g/mol. The van der Waals surface area contributed by atoms with Crippen molar-refractivity contribution in [3.8, 4) is 11.5 Å². The van der Waals surface area contributed by atoms with E-state index in [0.717, 1.165) is 21.3 Å². The van der Waals surface area contributed by atoms with Crippen LogP contribution in [0.3, 0.4) is 0 Å². The molecule has 1 aliphatic heterocycles. The van der Waals surface area contributed by atoms with Crippen LogP contribution >= 0.6 is 11.8 Å². The minimum Gasteiger partial charge on any atom is -0.486 e. The lowest BCUT2D eigenvalue weighted by molar-refractivity contribution is 0.0690. The van der Waals surface area contributed by atoms with Crippen molar-refractivity contribution in [3.05, 3.63) is 42.2 Å². The first kappa shape index (κ1) is 12.8. The summed E-state index contributed by atoms with van der Waals surface area (Å²) in [6.07, 6.45) is 1.55. The van der Waals surface area contributed by atoms with Gasteiger partial charge in [0.25, 0.3) is 0 Å². The minimum atomic E-state index is -1.03. The molecule has 1 aliphatic rings. The number of carbonyl (C=O) groups is 1. The second-order valence-electron chi connectivity index (χ2n) is 4.09. The summed E-state index contributed by atoms with van der Waals surface area (Å²) >= 11 is 1.49. The van der Waals surface area contributed by atoms with Crippen molar-refractivity contribution >= 4 is 17.7 Å². The van der Waals surface area contributed by atoms with E-state index in [1.54, 1.807) is 12.3 Å².